The van der Waals surface area contributed by atoms with Crippen molar-refractivity contribution in [2.24, 2.45) is 0 Å². The van der Waals surface area contributed by atoms with E-state index in [1.54, 1.807) is 24.8 Å². The monoisotopic (exact) mass is 482 g/mol. The van der Waals surface area contributed by atoms with Crippen molar-refractivity contribution < 1.29 is 0 Å². The van der Waals surface area contributed by atoms with E-state index < -0.39 is 0 Å². The van der Waals surface area contributed by atoms with Gasteiger partial charge in [0.05, 0.1) is 22.1 Å². The van der Waals surface area contributed by atoms with Gasteiger partial charge >= 0.3 is 0 Å². The van der Waals surface area contributed by atoms with Crippen LogP contribution >= 0.6 is 0 Å². The number of fused-ring (bicyclic) bond motifs is 8. The van der Waals surface area contributed by atoms with Gasteiger partial charge in [-0.15, -0.1) is 0 Å². The molecule has 170 valence electrons. The van der Waals surface area contributed by atoms with Crippen LogP contribution in [0.1, 0.15) is 22.3 Å². The molecule has 0 saturated carbocycles. The molecular weight excluding hydrogens is 472 g/mol. The predicted molar refractivity (Wildman–Crippen MR) is 138 cm³/mol. The average molecular weight is 482 g/mol. The second-order valence-electron chi connectivity index (χ2n) is 8.78. The lowest BCUT2D eigenvalue weighted by Crippen LogP contribution is -1.90. The van der Waals surface area contributed by atoms with Crippen molar-refractivity contribution in [2.45, 2.75) is 0 Å². The number of nitriles is 4. The van der Waals surface area contributed by atoms with E-state index in [1.807, 2.05) is 60.7 Å². The van der Waals surface area contributed by atoms with E-state index in [4.69, 9.17) is 0 Å². The molecule has 0 fully saturated rings. The highest BCUT2D eigenvalue weighted by Gasteiger charge is 2.34. The minimum Gasteiger partial charge on any atom is -0.253 e. The van der Waals surface area contributed by atoms with Crippen molar-refractivity contribution in [3.05, 3.63) is 94.6 Å². The number of hydrogen-bond acceptors (Lipinski definition) is 8. The third-order valence-electron chi connectivity index (χ3n) is 6.98. The molecule has 5 aromatic rings. The van der Waals surface area contributed by atoms with Crippen molar-refractivity contribution in [1.82, 2.24) is 19.9 Å². The molecule has 0 spiro atoms. The van der Waals surface area contributed by atoms with E-state index in [9.17, 15) is 21.0 Å². The van der Waals surface area contributed by atoms with E-state index in [2.05, 4.69) is 19.9 Å². The molecule has 3 aromatic carbocycles. The van der Waals surface area contributed by atoms with Crippen LogP contribution in [0.15, 0.2) is 72.3 Å². The normalized spacial score (nSPS) is 12.0. The second-order valence-corrected chi connectivity index (χ2v) is 8.78. The Bertz CT molecular complexity index is 1990. The number of hydrogen-bond donors (Lipinski definition) is 0. The summed E-state index contributed by atoms with van der Waals surface area (Å²) >= 11 is 0. The zero-order chi connectivity index (χ0) is 26.0. The quantitative estimate of drug-likeness (QED) is 0.267. The van der Waals surface area contributed by atoms with Crippen LogP contribution in [0.5, 0.6) is 0 Å². The molecule has 38 heavy (non-hydrogen) atoms. The van der Waals surface area contributed by atoms with Crippen LogP contribution in [0.25, 0.3) is 55.5 Å². The van der Waals surface area contributed by atoms with Crippen molar-refractivity contribution in [1.29, 1.82) is 21.0 Å². The molecule has 0 aliphatic heterocycles. The Balaban J connectivity index is 1.63. The maximum absolute atomic E-state index is 9.85. The lowest BCUT2D eigenvalue weighted by molar-refractivity contribution is 1.29. The second kappa shape index (κ2) is 7.64. The number of allylic oxidation sites excluding steroid dienone is 2. The molecule has 0 radical (unpaired) electrons. The van der Waals surface area contributed by atoms with E-state index in [-0.39, 0.29) is 11.1 Å². The first-order valence-electron chi connectivity index (χ1n) is 11.5. The van der Waals surface area contributed by atoms with Gasteiger partial charge < -0.3 is 0 Å². The van der Waals surface area contributed by atoms with Gasteiger partial charge in [0, 0.05) is 35.9 Å². The van der Waals surface area contributed by atoms with Gasteiger partial charge in [0.25, 0.3) is 0 Å². The Morgan fingerprint density at radius 1 is 0.395 bits per heavy atom. The molecule has 2 aliphatic carbocycles. The van der Waals surface area contributed by atoms with Crippen LogP contribution in [-0.2, 0) is 0 Å². The summed E-state index contributed by atoms with van der Waals surface area (Å²) in [6, 6.07) is 19.5. The molecule has 0 unspecified atom stereocenters. The lowest BCUT2D eigenvalue weighted by Gasteiger charge is -2.08. The summed E-state index contributed by atoms with van der Waals surface area (Å²) in [7, 11) is 0. The zero-order valence-corrected chi connectivity index (χ0v) is 19.4. The van der Waals surface area contributed by atoms with E-state index in [0.717, 1.165) is 22.3 Å². The highest BCUT2D eigenvalue weighted by molar-refractivity contribution is 6.13. The maximum atomic E-state index is 9.85. The van der Waals surface area contributed by atoms with Crippen LogP contribution in [0.2, 0.25) is 0 Å². The molecule has 0 bridgehead atoms. The van der Waals surface area contributed by atoms with Crippen LogP contribution < -0.4 is 0 Å². The Morgan fingerprint density at radius 3 is 0.974 bits per heavy atom. The van der Waals surface area contributed by atoms with Crippen molar-refractivity contribution in [3.8, 4) is 46.5 Å². The molecular formula is C30H10N8. The van der Waals surface area contributed by atoms with Gasteiger partial charge in [0.2, 0.25) is 0 Å². The summed E-state index contributed by atoms with van der Waals surface area (Å²) in [5.41, 5.74) is 9.68. The van der Waals surface area contributed by atoms with Crippen LogP contribution in [0.4, 0.5) is 0 Å². The number of nitrogens with zero attached hydrogens (tertiary/aromatic N) is 8. The Hall–Kier alpha value is -6.22. The van der Waals surface area contributed by atoms with Crippen molar-refractivity contribution in [3.63, 3.8) is 0 Å². The average Bonchev–Trinajstić information content (AvgIpc) is 3.42. The molecule has 2 aliphatic rings. The summed E-state index contributed by atoms with van der Waals surface area (Å²) < 4.78 is 0. The Kier molecular flexibility index (Phi) is 4.24. The molecule has 2 aromatic heterocycles. The first-order valence-corrected chi connectivity index (χ1v) is 11.5. The predicted octanol–water partition coefficient (Wildman–Crippen LogP) is 5.23. The van der Waals surface area contributed by atoms with Gasteiger partial charge in [-0.3, -0.25) is 19.9 Å². The fraction of sp³-hybridized carbons (Fsp3) is 0. The summed E-state index contributed by atoms with van der Waals surface area (Å²) in [4.78, 5) is 17.7. The van der Waals surface area contributed by atoms with Gasteiger partial charge in [-0.05, 0) is 80.9 Å². The molecule has 0 atom stereocenters. The van der Waals surface area contributed by atoms with Crippen LogP contribution in [-0.4, -0.2) is 19.9 Å². The SMILES string of the molecule is N#CC(C#N)=C1c2cc3c(cc2-c2cc4nccnc4cc21)C(=C(C#N)C#N)c1cc2nccnc2cc1-3. The van der Waals surface area contributed by atoms with E-state index in [0.29, 0.717) is 55.5 Å². The lowest BCUT2D eigenvalue weighted by atomic mass is 9.93. The maximum Gasteiger partial charge on any atom is 0.138 e. The molecule has 0 N–H and O–H groups in total. The molecule has 8 heteroatoms. The third-order valence-corrected chi connectivity index (χ3v) is 6.98. The van der Waals surface area contributed by atoms with Crippen molar-refractivity contribution >= 4 is 33.2 Å². The first-order chi connectivity index (χ1) is 18.7. The third kappa shape index (κ3) is 2.69. The smallest absolute Gasteiger partial charge is 0.138 e. The fourth-order valence-corrected chi connectivity index (χ4v) is 5.44. The number of rotatable bonds is 0. The summed E-state index contributed by atoms with van der Waals surface area (Å²) in [6.45, 7) is 0. The highest BCUT2D eigenvalue weighted by Crippen LogP contribution is 2.54. The van der Waals surface area contributed by atoms with Crippen molar-refractivity contribution in [2.75, 3.05) is 0 Å². The van der Waals surface area contributed by atoms with Gasteiger partial charge in [-0.1, -0.05) is 0 Å². The first kappa shape index (κ1) is 21.1. The summed E-state index contributed by atoms with van der Waals surface area (Å²) in [6.07, 6.45) is 6.40. The molecule has 7 rings (SSSR count). The summed E-state index contributed by atoms with van der Waals surface area (Å²) in [5.74, 6) is 0. The van der Waals surface area contributed by atoms with Gasteiger partial charge in [-0.2, -0.15) is 21.0 Å². The van der Waals surface area contributed by atoms with Gasteiger partial charge in [0.15, 0.2) is 0 Å². The van der Waals surface area contributed by atoms with Crippen LogP contribution in [0, 0.1) is 45.3 Å². The Morgan fingerprint density at radius 2 is 0.658 bits per heavy atom. The fourth-order valence-electron chi connectivity index (χ4n) is 5.44. The summed E-state index contributed by atoms with van der Waals surface area (Å²) in [5, 5.41) is 39.4. The molecule has 0 amide bonds. The molecule has 0 saturated heterocycles. The zero-order valence-electron chi connectivity index (χ0n) is 19.4. The Labute approximate surface area is 215 Å². The van der Waals surface area contributed by atoms with E-state index >= 15 is 0 Å². The largest absolute Gasteiger partial charge is 0.253 e. The number of aromatic nitrogens is 4. The number of benzene rings is 3. The van der Waals surface area contributed by atoms with Gasteiger partial charge in [0.1, 0.15) is 35.4 Å². The van der Waals surface area contributed by atoms with Gasteiger partial charge in [-0.25, -0.2) is 0 Å². The molecule has 2 heterocycles. The topological polar surface area (TPSA) is 147 Å². The minimum absolute atomic E-state index is 0.0127. The molecule has 8 nitrogen and oxygen atoms in total. The van der Waals surface area contributed by atoms with E-state index in [1.165, 1.54) is 0 Å². The minimum atomic E-state index is -0.0127. The standard InChI is InChI=1S/C30H10N8/c31-11-15(12-32)29-21-6-18-20-8-26-28(38-4-2-36-26)10-24(20)30(16(13-33)14-34)22(18)5-17(21)19-7-25-27(9-23(19)29)37-3-1-35-25/h1-10H. The highest BCUT2D eigenvalue weighted by atomic mass is 14.8. The van der Waals surface area contributed by atoms with Crippen LogP contribution in [0.3, 0.4) is 0 Å².